The van der Waals surface area contributed by atoms with Crippen LogP contribution in [0.15, 0.2) is 12.1 Å². The Bertz CT molecular complexity index is 856. The normalized spacial score (nSPS) is 38.1. The number of aromatic hydroxyl groups is 3. The van der Waals surface area contributed by atoms with Gasteiger partial charge < -0.3 is 70.0 Å². The Labute approximate surface area is 191 Å². The van der Waals surface area contributed by atoms with Crippen LogP contribution in [0.3, 0.4) is 0 Å². The van der Waals surface area contributed by atoms with Crippen LogP contribution in [0.1, 0.15) is 10.4 Å². The second-order valence-electron chi connectivity index (χ2n) is 7.80. The first-order valence-corrected chi connectivity index (χ1v) is 10.0. The van der Waals surface area contributed by atoms with Crippen LogP contribution < -0.4 is 0 Å². The number of aliphatic hydroxyl groups is 7. The zero-order chi connectivity index (χ0) is 25.4. The third-order valence-corrected chi connectivity index (χ3v) is 5.59. The quantitative estimate of drug-likeness (QED) is 0.127. The number of hydrogen-bond acceptors (Lipinski definition) is 15. The van der Waals surface area contributed by atoms with Crippen LogP contribution >= 0.6 is 0 Å². The molecular weight excluding hydrogens is 468 g/mol. The fourth-order valence-electron chi connectivity index (χ4n) is 3.66. The Balaban J connectivity index is 1.91. The molecule has 0 spiro atoms. The van der Waals surface area contributed by atoms with E-state index >= 15 is 0 Å². The number of phenolic OH excluding ortho intramolecular Hbond substituents is 3. The molecule has 15 nitrogen and oxygen atoms in total. The van der Waals surface area contributed by atoms with Crippen molar-refractivity contribution in [3.05, 3.63) is 17.7 Å². The number of esters is 1. The topological polar surface area (TPSA) is 256 Å². The zero-order valence-corrected chi connectivity index (χ0v) is 17.4. The van der Waals surface area contributed by atoms with E-state index < -0.39 is 103 Å². The van der Waals surface area contributed by atoms with E-state index in [2.05, 4.69) is 0 Å². The van der Waals surface area contributed by atoms with Crippen molar-refractivity contribution in [1.82, 2.24) is 0 Å². The summed E-state index contributed by atoms with van der Waals surface area (Å²) in [6.45, 7) is -2.72. The molecule has 0 aliphatic carbocycles. The lowest BCUT2D eigenvalue weighted by Gasteiger charge is -2.44. The molecular formula is C19H26O15. The van der Waals surface area contributed by atoms with E-state index in [1.54, 1.807) is 0 Å². The molecule has 0 saturated carbocycles. The molecule has 192 valence electrons. The maximum absolute atomic E-state index is 12.6. The fourth-order valence-corrected chi connectivity index (χ4v) is 3.66. The first-order chi connectivity index (χ1) is 16.0. The molecule has 0 bridgehead atoms. The molecule has 0 aromatic heterocycles. The lowest BCUT2D eigenvalue weighted by atomic mass is 9.98. The van der Waals surface area contributed by atoms with Crippen molar-refractivity contribution in [2.45, 2.75) is 54.8 Å². The van der Waals surface area contributed by atoms with Gasteiger partial charge in [-0.25, -0.2) is 4.79 Å². The van der Waals surface area contributed by atoms with E-state index in [0.29, 0.717) is 0 Å². The molecule has 2 heterocycles. The molecule has 0 unspecified atom stereocenters. The van der Waals surface area contributed by atoms with Gasteiger partial charge in [0.15, 0.2) is 23.4 Å². The zero-order valence-electron chi connectivity index (χ0n) is 17.4. The van der Waals surface area contributed by atoms with Gasteiger partial charge in [0.1, 0.15) is 43.2 Å². The van der Waals surface area contributed by atoms with Gasteiger partial charge in [0.05, 0.1) is 18.8 Å². The Morgan fingerprint density at radius 2 is 1.50 bits per heavy atom. The fraction of sp³-hybridized carbons (Fsp3) is 0.632. The first kappa shape index (κ1) is 26.3. The van der Waals surface area contributed by atoms with Crippen LogP contribution in [0.2, 0.25) is 0 Å². The van der Waals surface area contributed by atoms with Crippen LogP contribution in [0, 0.1) is 0 Å². The van der Waals surface area contributed by atoms with E-state index in [9.17, 15) is 55.9 Å². The minimum atomic E-state index is -2.43. The van der Waals surface area contributed by atoms with Crippen LogP contribution in [-0.4, -0.2) is 132 Å². The maximum Gasteiger partial charge on any atom is 0.338 e. The molecule has 2 aliphatic heterocycles. The Kier molecular flexibility index (Phi) is 7.83. The van der Waals surface area contributed by atoms with Gasteiger partial charge in [0, 0.05) is 0 Å². The predicted octanol–water partition coefficient (Wildman–Crippen LogP) is -4.41. The van der Waals surface area contributed by atoms with Gasteiger partial charge in [-0.15, -0.1) is 0 Å². The second-order valence-corrected chi connectivity index (χ2v) is 7.80. The lowest BCUT2D eigenvalue weighted by molar-refractivity contribution is -0.382. The van der Waals surface area contributed by atoms with Gasteiger partial charge in [-0.05, 0) is 12.1 Å². The molecule has 2 fully saturated rings. The number of benzene rings is 1. The Hall–Kier alpha value is -2.31. The molecule has 2 aliphatic rings. The van der Waals surface area contributed by atoms with Gasteiger partial charge >= 0.3 is 5.97 Å². The minimum absolute atomic E-state index is 0.498. The third-order valence-electron chi connectivity index (χ3n) is 5.59. The summed E-state index contributed by atoms with van der Waals surface area (Å²) in [5.41, 5.74) is -0.498. The molecule has 9 atom stereocenters. The predicted molar refractivity (Wildman–Crippen MR) is 103 cm³/mol. The largest absolute Gasteiger partial charge is 0.504 e. The van der Waals surface area contributed by atoms with Crippen molar-refractivity contribution in [2.75, 3.05) is 19.8 Å². The second kappa shape index (κ2) is 10.1. The van der Waals surface area contributed by atoms with Crippen molar-refractivity contribution in [3.8, 4) is 17.2 Å². The standard InChI is InChI=1S/C19H26O15/c20-3-9-12(26)14(28)15(32-17(30)6-1-7(23)11(25)8(24)2-6)18(31-9)34-19(5-22)16(29)13(27)10(4-21)33-19/h1-2,9-10,12-16,18,20-29H,3-5H2/t9-,10-,12-,13-,14+,15-,16+,18-,19+/m1/s1. The number of rotatable bonds is 7. The first-order valence-electron chi connectivity index (χ1n) is 10.0. The number of hydrogen-bond donors (Lipinski definition) is 10. The summed E-state index contributed by atoms with van der Waals surface area (Å²) < 4.78 is 21.1. The van der Waals surface area contributed by atoms with Crippen LogP contribution in [0.4, 0.5) is 0 Å². The summed E-state index contributed by atoms with van der Waals surface area (Å²) in [5, 5.41) is 98.3. The molecule has 1 aromatic carbocycles. The molecule has 1 aromatic rings. The van der Waals surface area contributed by atoms with E-state index in [4.69, 9.17) is 18.9 Å². The van der Waals surface area contributed by atoms with Crippen LogP contribution in [0.25, 0.3) is 0 Å². The van der Waals surface area contributed by atoms with Gasteiger partial charge in [-0.2, -0.15) is 0 Å². The molecule has 3 rings (SSSR count). The number of carbonyl (C=O) groups is 1. The van der Waals surface area contributed by atoms with Crippen molar-refractivity contribution >= 4 is 5.97 Å². The average molecular weight is 494 g/mol. The summed E-state index contributed by atoms with van der Waals surface area (Å²) in [6.07, 6.45) is -14.1. The van der Waals surface area contributed by atoms with Crippen molar-refractivity contribution in [2.24, 2.45) is 0 Å². The van der Waals surface area contributed by atoms with Gasteiger partial charge in [0.2, 0.25) is 12.1 Å². The summed E-state index contributed by atoms with van der Waals surface area (Å²) in [5.74, 6) is -6.38. The SMILES string of the molecule is O=C(O[C@H]1[C@@H](O[C@]2(CO)O[C@H](CO)[C@@H](O)[C@@H]2O)O[C@H](CO)[C@@H](O)[C@@H]1O)c1cc(O)c(O)c(O)c1. The highest BCUT2D eigenvalue weighted by Gasteiger charge is 2.59. The Morgan fingerprint density at radius 3 is 2.00 bits per heavy atom. The molecule has 10 N–H and O–H groups in total. The van der Waals surface area contributed by atoms with Gasteiger partial charge in [-0.3, -0.25) is 0 Å². The summed E-state index contributed by atoms with van der Waals surface area (Å²) in [6, 6.07) is 1.47. The minimum Gasteiger partial charge on any atom is -0.504 e. The van der Waals surface area contributed by atoms with E-state index in [1.165, 1.54) is 0 Å². The molecule has 0 radical (unpaired) electrons. The highest BCUT2D eigenvalue weighted by atomic mass is 16.8. The van der Waals surface area contributed by atoms with Gasteiger partial charge in [-0.1, -0.05) is 0 Å². The molecule has 34 heavy (non-hydrogen) atoms. The number of carbonyl (C=O) groups excluding carboxylic acids is 1. The summed E-state index contributed by atoms with van der Waals surface area (Å²) in [7, 11) is 0. The average Bonchev–Trinajstić information content (AvgIpc) is 3.06. The number of ether oxygens (including phenoxy) is 4. The van der Waals surface area contributed by atoms with E-state index in [-0.39, 0.29) is 0 Å². The van der Waals surface area contributed by atoms with Crippen molar-refractivity contribution in [1.29, 1.82) is 0 Å². The van der Waals surface area contributed by atoms with Crippen molar-refractivity contribution in [3.63, 3.8) is 0 Å². The number of aliphatic hydroxyl groups excluding tert-OH is 7. The van der Waals surface area contributed by atoms with Gasteiger partial charge in [0.25, 0.3) is 0 Å². The lowest BCUT2D eigenvalue weighted by Crippen LogP contribution is -2.63. The number of phenols is 3. The van der Waals surface area contributed by atoms with E-state index in [1.807, 2.05) is 0 Å². The highest BCUT2D eigenvalue weighted by molar-refractivity contribution is 5.91. The Morgan fingerprint density at radius 1 is 0.912 bits per heavy atom. The van der Waals surface area contributed by atoms with E-state index in [0.717, 1.165) is 12.1 Å². The molecule has 0 amide bonds. The molecule has 2 saturated heterocycles. The van der Waals surface area contributed by atoms with Crippen LogP contribution in [-0.2, 0) is 18.9 Å². The maximum atomic E-state index is 12.6. The van der Waals surface area contributed by atoms with Crippen LogP contribution in [0.5, 0.6) is 17.2 Å². The third kappa shape index (κ3) is 4.63. The highest BCUT2D eigenvalue weighted by Crippen LogP contribution is 2.38. The van der Waals surface area contributed by atoms with Crippen molar-refractivity contribution < 1.29 is 74.8 Å². The monoisotopic (exact) mass is 494 g/mol. The smallest absolute Gasteiger partial charge is 0.338 e. The summed E-state index contributed by atoms with van der Waals surface area (Å²) in [4.78, 5) is 12.6. The summed E-state index contributed by atoms with van der Waals surface area (Å²) >= 11 is 0. The molecule has 15 heteroatoms.